The van der Waals surface area contributed by atoms with Crippen LogP contribution in [0.4, 0.5) is 4.39 Å². The predicted molar refractivity (Wildman–Crippen MR) is 149 cm³/mol. The zero-order chi connectivity index (χ0) is 28.1. The smallest absolute Gasteiger partial charge is 0.470 e. The molecule has 0 radical (unpaired) electrons. The minimum absolute atomic E-state index is 0.0685. The highest BCUT2D eigenvalue weighted by atomic mass is 32.2. The van der Waals surface area contributed by atoms with E-state index in [9.17, 15) is 28.1 Å². The molecule has 0 aromatic heterocycles. The minimum atomic E-state index is -4.63. The van der Waals surface area contributed by atoms with Crippen molar-refractivity contribution in [1.29, 1.82) is 0 Å². The summed E-state index contributed by atoms with van der Waals surface area (Å²) in [5.74, 6) is -0.605. The summed E-state index contributed by atoms with van der Waals surface area (Å²) < 4.78 is 42.3. The van der Waals surface area contributed by atoms with Crippen LogP contribution in [0.25, 0.3) is 17.2 Å². The maximum absolute atomic E-state index is 14.2. The van der Waals surface area contributed by atoms with E-state index in [-0.39, 0.29) is 18.1 Å². The Morgan fingerprint density at radius 3 is 2.39 bits per heavy atom. The normalized spacial score (nSPS) is 15.6. The van der Waals surface area contributed by atoms with E-state index in [0.29, 0.717) is 37.8 Å². The van der Waals surface area contributed by atoms with Gasteiger partial charge in [0.1, 0.15) is 12.1 Å². The maximum atomic E-state index is 14.2. The molecule has 2 aromatic carbocycles. The number of halogens is 1. The van der Waals surface area contributed by atoms with Crippen LogP contribution in [-0.4, -0.2) is 38.6 Å². The van der Waals surface area contributed by atoms with Crippen LogP contribution >= 0.6 is 7.82 Å². The number of phosphoric ester groups is 1. The summed E-state index contributed by atoms with van der Waals surface area (Å²) in [5.41, 5.74) is 4.02. The van der Waals surface area contributed by atoms with E-state index in [4.69, 9.17) is 4.52 Å². The molecule has 3 N–H and O–H groups in total. The summed E-state index contributed by atoms with van der Waals surface area (Å²) in [4.78, 5) is 32.1. The molecule has 38 heavy (non-hydrogen) atoms. The van der Waals surface area contributed by atoms with Crippen molar-refractivity contribution < 1.29 is 32.6 Å². The maximum Gasteiger partial charge on any atom is 0.470 e. The number of allylic oxidation sites excluding steroid dienone is 2. The number of amides is 1. The van der Waals surface area contributed by atoms with Gasteiger partial charge in [0.2, 0.25) is 5.91 Å². The Bertz CT molecular complexity index is 1260. The van der Waals surface area contributed by atoms with E-state index in [1.165, 1.54) is 12.1 Å². The molecule has 3 rings (SSSR count). The van der Waals surface area contributed by atoms with Crippen molar-refractivity contribution in [3.8, 4) is 0 Å². The van der Waals surface area contributed by atoms with Crippen LogP contribution in [0.1, 0.15) is 69.6 Å². The Kier molecular flexibility index (Phi) is 10.1. The molecule has 206 valence electrons. The van der Waals surface area contributed by atoms with Crippen molar-refractivity contribution in [2.45, 2.75) is 63.4 Å². The molecule has 1 aliphatic rings. The molecule has 1 atom stereocenters. The lowest BCUT2D eigenvalue weighted by atomic mass is 9.92. The van der Waals surface area contributed by atoms with Gasteiger partial charge in [-0.2, -0.15) is 0 Å². The first-order chi connectivity index (χ1) is 17.9. The number of phosphoric acid groups is 1. The highest BCUT2D eigenvalue weighted by Gasteiger charge is 2.34. The third-order valence-electron chi connectivity index (χ3n) is 7.05. The van der Waals surface area contributed by atoms with E-state index in [1.54, 1.807) is 12.3 Å². The van der Waals surface area contributed by atoms with Gasteiger partial charge < -0.3 is 19.7 Å². The van der Waals surface area contributed by atoms with Gasteiger partial charge in [-0.25, -0.2) is 8.96 Å². The molecule has 0 saturated carbocycles. The van der Waals surface area contributed by atoms with Crippen LogP contribution in [-0.2, 0) is 25.1 Å². The highest BCUT2D eigenvalue weighted by Crippen LogP contribution is 2.46. The second kappa shape index (κ2) is 12.7. The van der Waals surface area contributed by atoms with Crippen molar-refractivity contribution in [3.63, 3.8) is 0 Å². The third-order valence-corrected chi connectivity index (χ3v) is 8.61. The molecule has 0 aliphatic heterocycles. The zero-order valence-corrected chi connectivity index (χ0v) is 23.8. The standard InChI is InChI=1S/C28H35FNO6PS/c1-5-28(6-2,36-37(32,33)34)14-7-15-30-27(31)18-25-19(3)24(23-13-10-21(29)17-26(23)25)16-20-8-11-22(12-9-20)38(4)35/h8-13,16-17H,5-7,14-15,18H2,1-4H3,(H,30,31)(H2,32,33,34). The van der Waals surface area contributed by atoms with Crippen molar-refractivity contribution >= 4 is 42.1 Å². The Balaban J connectivity index is 1.73. The van der Waals surface area contributed by atoms with Crippen molar-refractivity contribution in [2.75, 3.05) is 12.8 Å². The Morgan fingerprint density at radius 2 is 1.82 bits per heavy atom. The van der Waals surface area contributed by atoms with Crippen LogP contribution in [0.5, 0.6) is 0 Å². The molecular formula is C28H35FNO6PS. The first kappa shape index (κ1) is 30.3. The second-order valence-corrected chi connectivity index (χ2v) is 12.0. The molecule has 2 aromatic rings. The molecular weight excluding hydrogens is 528 g/mol. The predicted octanol–water partition coefficient (Wildman–Crippen LogP) is 5.85. The first-order valence-corrected chi connectivity index (χ1v) is 15.7. The average Bonchev–Trinajstić information content (AvgIpc) is 3.10. The quantitative estimate of drug-likeness (QED) is 0.169. The fraction of sp³-hybridized carbons (Fsp3) is 0.393. The molecule has 0 saturated heterocycles. The van der Waals surface area contributed by atoms with Crippen LogP contribution < -0.4 is 5.32 Å². The van der Waals surface area contributed by atoms with E-state index in [2.05, 4.69) is 5.32 Å². The van der Waals surface area contributed by atoms with Gasteiger partial charge in [-0.1, -0.05) is 19.9 Å². The molecule has 1 unspecified atom stereocenters. The second-order valence-electron chi connectivity index (χ2n) is 9.48. The van der Waals surface area contributed by atoms with Crippen LogP contribution in [0, 0.1) is 5.82 Å². The summed E-state index contributed by atoms with van der Waals surface area (Å²) in [6, 6.07) is 12.0. The number of fused-ring (bicyclic) bond motifs is 1. The summed E-state index contributed by atoms with van der Waals surface area (Å²) >= 11 is -1.07. The zero-order valence-electron chi connectivity index (χ0n) is 22.1. The number of rotatable bonds is 12. The van der Waals surface area contributed by atoms with Gasteiger partial charge in [0, 0.05) is 6.54 Å². The number of carbonyl (C=O) groups excluding carboxylic acids is 1. The average molecular weight is 564 g/mol. The minimum Gasteiger partial charge on any atom is -0.612 e. The molecule has 0 heterocycles. The molecule has 0 spiro atoms. The first-order valence-electron chi connectivity index (χ1n) is 12.6. The molecule has 1 amide bonds. The topological polar surface area (TPSA) is 119 Å². The van der Waals surface area contributed by atoms with Gasteiger partial charge in [0.05, 0.1) is 12.0 Å². The number of hydrogen-bond acceptors (Lipinski definition) is 4. The number of carbonyl (C=O) groups is 1. The van der Waals surface area contributed by atoms with Crippen molar-refractivity contribution in [1.82, 2.24) is 5.32 Å². The van der Waals surface area contributed by atoms with Gasteiger partial charge >= 0.3 is 7.82 Å². The lowest BCUT2D eigenvalue weighted by Crippen LogP contribution is -2.32. The molecule has 1 aliphatic carbocycles. The molecule has 10 heteroatoms. The van der Waals surface area contributed by atoms with Crippen molar-refractivity contribution in [2.24, 2.45) is 0 Å². The summed E-state index contributed by atoms with van der Waals surface area (Å²) in [7, 11) is -4.63. The van der Waals surface area contributed by atoms with Gasteiger partial charge in [0.25, 0.3) is 0 Å². The summed E-state index contributed by atoms with van der Waals surface area (Å²) in [5, 5.41) is 2.88. The van der Waals surface area contributed by atoms with Crippen molar-refractivity contribution in [3.05, 3.63) is 70.5 Å². The fourth-order valence-electron chi connectivity index (χ4n) is 4.80. The van der Waals surface area contributed by atoms with E-state index in [0.717, 1.165) is 32.7 Å². The largest absolute Gasteiger partial charge is 0.612 e. The number of benzene rings is 2. The lowest BCUT2D eigenvalue weighted by Gasteiger charge is -2.31. The molecule has 0 bridgehead atoms. The molecule has 7 nitrogen and oxygen atoms in total. The number of hydrogen-bond donors (Lipinski definition) is 3. The molecule has 0 fully saturated rings. The van der Waals surface area contributed by atoms with Gasteiger partial charge in [-0.05, 0) is 120 Å². The van der Waals surface area contributed by atoms with E-state index >= 15 is 0 Å². The number of nitrogens with one attached hydrogen (secondary N) is 1. The Hall–Kier alpha value is -2.26. The lowest BCUT2D eigenvalue weighted by molar-refractivity contribution is -0.120. The fourth-order valence-corrected chi connectivity index (χ4v) is 6.17. The van der Waals surface area contributed by atoms with E-state index in [1.807, 2.05) is 51.1 Å². The van der Waals surface area contributed by atoms with Crippen LogP contribution in [0.3, 0.4) is 0 Å². The van der Waals surface area contributed by atoms with Gasteiger partial charge in [-0.3, -0.25) is 9.32 Å². The summed E-state index contributed by atoms with van der Waals surface area (Å²) in [6.07, 6.45) is 5.42. The van der Waals surface area contributed by atoms with E-state index < -0.39 is 24.6 Å². The summed E-state index contributed by atoms with van der Waals surface area (Å²) in [6.45, 7) is 5.86. The van der Waals surface area contributed by atoms with Crippen LogP contribution in [0.15, 0.2) is 52.9 Å². The Morgan fingerprint density at radius 1 is 1.16 bits per heavy atom. The third kappa shape index (κ3) is 7.65. The van der Waals surface area contributed by atoms with Gasteiger partial charge in [-0.15, -0.1) is 0 Å². The van der Waals surface area contributed by atoms with Crippen LogP contribution in [0.2, 0.25) is 0 Å². The van der Waals surface area contributed by atoms with Gasteiger partial charge in [0.15, 0.2) is 4.90 Å². The Labute approximate surface area is 226 Å². The highest BCUT2D eigenvalue weighted by molar-refractivity contribution is 7.90. The SMILES string of the molecule is CCC(CC)(CCCNC(=O)CC1=C(C)C(=Cc2ccc([S+](C)[O-])cc2)c2ccc(F)cc21)OP(=O)(O)O. The monoisotopic (exact) mass is 563 g/mol.